The van der Waals surface area contributed by atoms with E-state index in [1.165, 1.54) is 5.51 Å². The molecule has 2 atom stereocenters. The highest BCUT2D eigenvalue weighted by Gasteiger charge is 2.25. The summed E-state index contributed by atoms with van der Waals surface area (Å²) in [6.45, 7) is 1.69. The van der Waals surface area contributed by atoms with Crippen LogP contribution in [0.5, 0.6) is 0 Å². The van der Waals surface area contributed by atoms with Gasteiger partial charge in [0.15, 0.2) is 5.69 Å². The molecule has 8 heteroatoms. The van der Waals surface area contributed by atoms with Crippen molar-refractivity contribution in [2.45, 2.75) is 13.0 Å². The minimum absolute atomic E-state index is 0.0992. The van der Waals surface area contributed by atoms with E-state index in [2.05, 4.69) is 4.98 Å². The van der Waals surface area contributed by atoms with Crippen LogP contribution in [0.15, 0.2) is 35.8 Å². The SMILES string of the molecule is CC(c1ccccc1)N(c1scnc1C(=O)O)S(=O)[O-]. The predicted molar refractivity (Wildman–Crippen MR) is 75.3 cm³/mol. The van der Waals surface area contributed by atoms with Gasteiger partial charge in [-0.1, -0.05) is 30.3 Å². The van der Waals surface area contributed by atoms with Gasteiger partial charge in [-0.3, -0.25) is 8.51 Å². The normalized spacial score (nSPS) is 13.7. The first kappa shape index (κ1) is 14.6. The van der Waals surface area contributed by atoms with Gasteiger partial charge in [0, 0.05) is 11.3 Å². The summed E-state index contributed by atoms with van der Waals surface area (Å²) in [5.74, 6) is -1.25. The molecule has 0 saturated carbocycles. The molecule has 1 aromatic heterocycles. The zero-order valence-electron chi connectivity index (χ0n) is 10.4. The number of carboxylic acids is 1. The Labute approximate surface area is 122 Å². The van der Waals surface area contributed by atoms with Crippen molar-refractivity contribution in [1.29, 1.82) is 0 Å². The van der Waals surface area contributed by atoms with Crippen molar-refractivity contribution < 1.29 is 18.7 Å². The van der Waals surface area contributed by atoms with Crippen LogP contribution in [0.25, 0.3) is 0 Å². The predicted octanol–water partition coefficient (Wildman–Crippen LogP) is 2.20. The first-order chi connectivity index (χ1) is 9.52. The lowest BCUT2D eigenvalue weighted by Gasteiger charge is -2.31. The minimum Gasteiger partial charge on any atom is -0.755 e. The second-order valence-corrected chi connectivity index (χ2v) is 5.60. The van der Waals surface area contributed by atoms with Gasteiger partial charge >= 0.3 is 5.97 Å². The van der Waals surface area contributed by atoms with Crippen LogP contribution in [-0.4, -0.2) is 24.8 Å². The van der Waals surface area contributed by atoms with Crippen molar-refractivity contribution in [3.05, 3.63) is 47.1 Å². The van der Waals surface area contributed by atoms with Gasteiger partial charge < -0.3 is 9.66 Å². The molecule has 1 aromatic carbocycles. The lowest BCUT2D eigenvalue weighted by molar-refractivity contribution is 0.0692. The summed E-state index contributed by atoms with van der Waals surface area (Å²) in [5, 5.41) is 9.15. The van der Waals surface area contributed by atoms with Gasteiger partial charge in [0.25, 0.3) is 0 Å². The molecule has 6 nitrogen and oxygen atoms in total. The molecular formula is C12H11N2O4S2-. The third-order valence-corrected chi connectivity index (χ3v) is 4.51. The number of aromatic carboxylic acids is 1. The fraction of sp³-hybridized carbons (Fsp3) is 0.167. The Morgan fingerprint density at radius 1 is 1.45 bits per heavy atom. The van der Waals surface area contributed by atoms with Crippen LogP contribution in [-0.2, 0) is 11.3 Å². The highest BCUT2D eigenvalue weighted by molar-refractivity contribution is 7.81. The summed E-state index contributed by atoms with van der Waals surface area (Å²) >= 11 is -1.62. The number of hydrogen-bond donors (Lipinski definition) is 1. The molecule has 0 amide bonds. The summed E-state index contributed by atoms with van der Waals surface area (Å²) in [4.78, 5) is 14.8. The van der Waals surface area contributed by atoms with Crippen LogP contribution < -0.4 is 4.31 Å². The fourth-order valence-corrected chi connectivity index (χ4v) is 3.47. The smallest absolute Gasteiger partial charge is 0.357 e. The molecule has 2 rings (SSSR count). The monoisotopic (exact) mass is 311 g/mol. The van der Waals surface area contributed by atoms with E-state index in [4.69, 9.17) is 5.11 Å². The average Bonchev–Trinajstić information content (AvgIpc) is 2.88. The van der Waals surface area contributed by atoms with Crippen LogP contribution >= 0.6 is 11.3 Å². The van der Waals surface area contributed by atoms with Gasteiger partial charge in [0.2, 0.25) is 0 Å². The largest absolute Gasteiger partial charge is 0.755 e. The van der Waals surface area contributed by atoms with Crippen molar-refractivity contribution in [3.63, 3.8) is 0 Å². The Kier molecular flexibility index (Phi) is 4.48. The van der Waals surface area contributed by atoms with Gasteiger partial charge in [-0.2, -0.15) is 0 Å². The lowest BCUT2D eigenvalue weighted by atomic mass is 10.1. The second kappa shape index (κ2) is 6.12. The Morgan fingerprint density at radius 2 is 2.10 bits per heavy atom. The molecule has 2 aromatic rings. The van der Waals surface area contributed by atoms with Crippen molar-refractivity contribution in [2.24, 2.45) is 0 Å². The molecule has 0 bridgehead atoms. The number of carbonyl (C=O) groups is 1. The zero-order chi connectivity index (χ0) is 14.7. The van der Waals surface area contributed by atoms with Gasteiger partial charge in [0.05, 0.1) is 11.6 Å². The number of thiazole rings is 1. The number of aromatic nitrogens is 1. The fourth-order valence-electron chi connectivity index (χ4n) is 1.78. The zero-order valence-corrected chi connectivity index (χ0v) is 12.1. The molecule has 2 unspecified atom stereocenters. The van der Waals surface area contributed by atoms with Gasteiger partial charge in [0.1, 0.15) is 5.00 Å². The molecule has 20 heavy (non-hydrogen) atoms. The summed E-state index contributed by atoms with van der Waals surface area (Å²) in [7, 11) is 0. The van der Waals surface area contributed by atoms with E-state index in [1.807, 2.05) is 6.07 Å². The van der Waals surface area contributed by atoms with E-state index in [0.717, 1.165) is 21.2 Å². The van der Waals surface area contributed by atoms with E-state index >= 15 is 0 Å². The highest BCUT2D eigenvalue weighted by atomic mass is 32.2. The summed E-state index contributed by atoms with van der Waals surface area (Å²) in [6, 6.07) is 8.46. The molecule has 0 aliphatic heterocycles. The maximum Gasteiger partial charge on any atom is 0.357 e. The van der Waals surface area contributed by atoms with Crippen molar-refractivity contribution >= 4 is 33.6 Å². The molecule has 0 aliphatic rings. The van der Waals surface area contributed by atoms with Crippen LogP contribution in [0.4, 0.5) is 5.00 Å². The first-order valence-electron chi connectivity index (χ1n) is 5.62. The Hall–Kier alpha value is -1.77. The average molecular weight is 311 g/mol. The first-order valence-corrected chi connectivity index (χ1v) is 7.54. The van der Waals surface area contributed by atoms with Crippen LogP contribution in [0.2, 0.25) is 0 Å². The van der Waals surface area contributed by atoms with Crippen molar-refractivity contribution in [1.82, 2.24) is 4.98 Å². The Balaban J connectivity index is 2.44. The third kappa shape index (κ3) is 2.87. The lowest BCUT2D eigenvalue weighted by Crippen LogP contribution is -2.29. The quantitative estimate of drug-likeness (QED) is 0.854. The van der Waals surface area contributed by atoms with E-state index in [0.29, 0.717) is 0 Å². The molecule has 0 spiro atoms. The van der Waals surface area contributed by atoms with E-state index in [9.17, 15) is 13.6 Å². The van der Waals surface area contributed by atoms with Crippen LogP contribution in [0.1, 0.15) is 29.0 Å². The molecular weight excluding hydrogens is 300 g/mol. The Morgan fingerprint density at radius 3 is 2.65 bits per heavy atom. The van der Waals surface area contributed by atoms with Crippen LogP contribution in [0, 0.1) is 0 Å². The van der Waals surface area contributed by atoms with E-state index in [1.54, 1.807) is 31.2 Å². The van der Waals surface area contributed by atoms with Gasteiger partial charge in [-0.25, -0.2) is 9.78 Å². The molecule has 0 fully saturated rings. The molecule has 106 valence electrons. The van der Waals surface area contributed by atoms with Gasteiger partial charge in [-0.05, 0) is 12.5 Å². The van der Waals surface area contributed by atoms with E-state index < -0.39 is 23.3 Å². The summed E-state index contributed by atoms with van der Waals surface area (Å²) in [6.07, 6.45) is 0. The van der Waals surface area contributed by atoms with Crippen molar-refractivity contribution in [3.8, 4) is 0 Å². The molecule has 1 heterocycles. The molecule has 0 saturated heterocycles. The van der Waals surface area contributed by atoms with Gasteiger partial charge in [-0.15, -0.1) is 11.3 Å². The molecule has 1 N–H and O–H groups in total. The maximum atomic E-state index is 11.5. The summed E-state index contributed by atoms with van der Waals surface area (Å²) in [5.41, 5.74) is 1.82. The number of carboxylic acid groups (broad SMARTS) is 1. The number of nitrogens with zero attached hydrogens (tertiary/aromatic N) is 2. The number of benzene rings is 1. The minimum atomic E-state index is -2.60. The van der Waals surface area contributed by atoms with E-state index in [-0.39, 0.29) is 10.7 Å². The second-order valence-electron chi connectivity index (χ2n) is 3.94. The number of anilines is 1. The topological polar surface area (TPSA) is 93.6 Å². The Bertz CT molecular complexity index is 629. The molecule has 0 aliphatic carbocycles. The summed E-state index contributed by atoms with van der Waals surface area (Å²) < 4.78 is 24.0. The van der Waals surface area contributed by atoms with Crippen LogP contribution in [0.3, 0.4) is 0 Å². The number of hydrogen-bond acceptors (Lipinski definition) is 5. The third-order valence-electron chi connectivity index (χ3n) is 2.75. The standard InChI is InChI=1S/C12H12N2O4S2/c1-8(9-5-3-2-4-6-9)14(20(17)18)11-10(12(15)16)13-7-19-11/h2-8H,1H3,(H,15,16)(H,17,18)/p-1. The maximum absolute atomic E-state index is 11.5. The molecule has 0 radical (unpaired) electrons. The van der Waals surface area contributed by atoms with Crippen molar-refractivity contribution in [2.75, 3.05) is 4.31 Å². The number of rotatable bonds is 5. The highest BCUT2D eigenvalue weighted by Crippen LogP contribution is 2.33.